The van der Waals surface area contributed by atoms with Crippen molar-refractivity contribution in [2.75, 3.05) is 11.9 Å². The Morgan fingerprint density at radius 1 is 1.22 bits per heavy atom. The molecule has 0 spiro atoms. The number of nitrogens with one attached hydrogen (secondary N) is 1. The Morgan fingerprint density at radius 3 is 2.67 bits per heavy atom. The quantitative estimate of drug-likeness (QED) is 0.886. The molecule has 0 atom stereocenters. The van der Waals surface area contributed by atoms with E-state index in [9.17, 15) is 0 Å². The van der Waals surface area contributed by atoms with Crippen molar-refractivity contribution in [1.82, 2.24) is 4.98 Å². The topological polar surface area (TPSA) is 24.9 Å². The maximum absolute atomic E-state index is 4.72. The van der Waals surface area contributed by atoms with Gasteiger partial charge < -0.3 is 5.32 Å². The molecule has 1 aromatic carbocycles. The van der Waals surface area contributed by atoms with E-state index in [1.807, 2.05) is 0 Å². The van der Waals surface area contributed by atoms with Crippen molar-refractivity contribution >= 4 is 32.5 Å². The lowest BCUT2D eigenvalue weighted by Crippen LogP contribution is -2.03. The third kappa shape index (κ3) is 2.66. The van der Waals surface area contributed by atoms with E-state index in [-0.39, 0.29) is 0 Å². The molecule has 3 heteroatoms. The average Bonchev–Trinajstić information content (AvgIpc) is 2.36. The van der Waals surface area contributed by atoms with Gasteiger partial charge in [0, 0.05) is 27.8 Å². The van der Waals surface area contributed by atoms with Gasteiger partial charge in [-0.05, 0) is 59.5 Å². The van der Waals surface area contributed by atoms with Crippen LogP contribution in [0.15, 0.2) is 22.7 Å². The van der Waals surface area contributed by atoms with Gasteiger partial charge in [-0.15, -0.1) is 0 Å². The first-order valence-corrected chi connectivity index (χ1v) is 7.28. The summed E-state index contributed by atoms with van der Waals surface area (Å²) >= 11 is 3.62. The second-order valence-corrected chi connectivity index (χ2v) is 5.44. The van der Waals surface area contributed by atoms with Gasteiger partial charge in [-0.1, -0.05) is 13.8 Å². The zero-order valence-electron chi connectivity index (χ0n) is 11.2. The SMILES string of the molecule is CCCNc1cc(CC)nc2c(Br)cc(C)cc12. The predicted molar refractivity (Wildman–Crippen MR) is 82.3 cm³/mol. The summed E-state index contributed by atoms with van der Waals surface area (Å²) in [6.45, 7) is 7.42. The summed E-state index contributed by atoms with van der Waals surface area (Å²) in [5.74, 6) is 0. The number of pyridine rings is 1. The predicted octanol–water partition coefficient (Wildman–Crippen LogP) is 4.69. The Bertz CT molecular complexity index is 564. The molecule has 0 bridgehead atoms. The summed E-state index contributed by atoms with van der Waals surface area (Å²) in [6, 6.07) is 6.49. The number of fused-ring (bicyclic) bond motifs is 1. The molecule has 0 fully saturated rings. The third-order valence-corrected chi connectivity index (χ3v) is 3.60. The highest BCUT2D eigenvalue weighted by Crippen LogP contribution is 2.30. The zero-order chi connectivity index (χ0) is 13.1. The summed E-state index contributed by atoms with van der Waals surface area (Å²) in [5.41, 5.74) is 4.63. The van der Waals surface area contributed by atoms with Crippen molar-refractivity contribution in [1.29, 1.82) is 0 Å². The smallest absolute Gasteiger partial charge is 0.0868 e. The summed E-state index contributed by atoms with van der Waals surface area (Å²) in [6.07, 6.45) is 2.08. The van der Waals surface area contributed by atoms with E-state index in [1.165, 1.54) is 16.6 Å². The molecule has 0 aliphatic carbocycles. The van der Waals surface area contributed by atoms with Gasteiger partial charge in [0.2, 0.25) is 0 Å². The van der Waals surface area contributed by atoms with Crippen molar-refractivity contribution in [3.63, 3.8) is 0 Å². The zero-order valence-corrected chi connectivity index (χ0v) is 12.8. The molecule has 2 rings (SSSR count). The summed E-state index contributed by atoms with van der Waals surface area (Å²) in [4.78, 5) is 4.72. The first kappa shape index (κ1) is 13.3. The van der Waals surface area contributed by atoms with E-state index in [0.29, 0.717) is 0 Å². The molecule has 0 aliphatic rings. The van der Waals surface area contributed by atoms with Crippen LogP contribution in [0.4, 0.5) is 5.69 Å². The molecule has 2 nitrogen and oxygen atoms in total. The van der Waals surface area contributed by atoms with Crippen LogP contribution < -0.4 is 5.32 Å². The largest absolute Gasteiger partial charge is 0.384 e. The molecule has 0 saturated heterocycles. The molecule has 0 aliphatic heterocycles. The van der Waals surface area contributed by atoms with Gasteiger partial charge in [-0.3, -0.25) is 4.98 Å². The van der Waals surface area contributed by atoms with Crippen molar-refractivity contribution in [2.24, 2.45) is 0 Å². The van der Waals surface area contributed by atoms with Gasteiger partial charge in [-0.25, -0.2) is 0 Å². The van der Waals surface area contributed by atoms with Crippen LogP contribution in [-0.2, 0) is 6.42 Å². The minimum atomic E-state index is 0.955. The van der Waals surface area contributed by atoms with Crippen molar-refractivity contribution < 1.29 is 0 Å². The van der Waals surface area contributed by atoms with E-state index in [2.05, 4.69) is 60.2 Å². The summed E-state index contributed by atoms with van der Waals surface area (Å²) in [5, 5.41) is 4.71. The van der Waals surface area contributed by atoms with Gasteiger partial charge in [0.15, 0.2) is 0 Å². The molecule has 2 aromatic rings. The molecule has 0 saturated carbocycles. The van der Waals surface area contributed by atoms with Crippen molar-refractivity contribution in [2.45, 2.75) is 33.6 Å². The number of benzene rings is 1. The lowest BCUT2D eigenvalue weighted by molar-refractivity contribution is 0.977. The standard InChI is InChI=1S/C15H19BrN2/c1-4-6-17-14-9-11(5-2)18-15-12(14)7-10(3)8-13(15)16/h7-9H,4-6H2,1-3H3,(H,17,18). The van der Waals surface area contributed by atoms with Crippen LogP contribution >= 0.6 is 15.9 Å². The fourth-order valence-corrected chi connectivity index (χ4v) is 2.72. The molecule has 0 unspecified atom stereocenters. The van der Waals surface area contributed by atoms with Gasteiger partial charge in [-0.2, -0.15) is 0 Å². The van der Waals surface area contributed by atoms with Gasteiger partial charge in [0.1, 0.15) is 0 Å². The Balaban J connectivity index is 2.64. The number of halogens is 1. The number of aromatic nitrogens is 1. The fraction of sp³-hybridized carbons (Fsp3) is 0.400. The minimum absolute atomic E-state index is 0.955. The molecule has 18 heavy (non-hydrogen) atoms. The van der Waals surface area contributed by atoms with E-state index in [1.54, 1.807) is 0 Å². The van der Waals surface area contributed by atoms with Gasteiger partial charge in [0.05, 0.1) is 5.52 Å². The van der Waals surface area contributed by atoms with Gasteiger partial charge in [0.25, 0.3) is 0 Å². The lowest BCUT2D eigenvalue weighted by Gasteiger charge is -2.12. The Morgan fingerprint density at radius 2 is 2.00 bits per heavy atom. The Labute approximate surface area is 117 Å². The van der Waals surface area contributed by atoms with Crippen molar-refractivity contribution in [3.05, 3.63) is 33.9 Å². The van der Waals surface area contributed by atoms with Crippen LogP contribution in [0.25, 0.3) is 10.9 Å². The lowest BCUT2D eigenvalue weighted by atomic mass is 10.1. The first-order valence-electron chi connectivity index (χ1n) is 6.49. The number of hydrogen-bond donors (Lipinski definition) is 1. The van der Waals surface area contributed by atoms with Crippen LogP contribution in [0, 0.1) is 6.92 Å². The molecule has 1 aromatic heterocycles. The van der Waals surface area contributed by atoms with Crippen molar-refractivity contribution in [3.8, 4) is 0 Å². The summed E-state index contributed by atoms with van der Waals surface area (Å²) in [7, 11) is 0. The Kier molecular flexibility index (Phi) is 4.23. The third-order valence-electron chi connectivity index (χ3n) is 2.99. The number of aryl methyl sites for hydroxylation is 2. The van der Waals surface area contributed by atoms with Crippen LogP contribution in [0.2, 0.25) is 0 Å². The number of anilines is 1. The highest BCUT2D eigenvalue weighted by atomic mass is 79.9. The average molecular weight is 307 g/mol. The number of rotatable bonds is 4. The molecule has 96 valence electrons. The molecule has 0 radical (unpaired) electrons. The van der Waals surface area contributed by atoms with Gasteiger partial charge >= 0.3 is 0 Å². The maximum Gasteiger partial charge on any atom is 0.0868 e. The Hall–Kier alpha value is -1.09. The molecule has 1 N–H and O–H groups in total. The maximum atomic E-state index is 4.72. The van der Waals surface area contributed by atoms with E-state index >= 15 is 0 Å². The van der Waals surface area contributed by atoms with Crippen LogP contribution in [0.1, 0.15) is 31.5 Å². The highest BCUT2D eigenvalue weighted by molar-refractivity contribution is 9.10. The highest BCUT2D eigenvalue weighted by Gasteiger charge is 2.08. The normalized spacial score (nSPS) is 10.9. The van der Waals surface area contributed by atoms with E-state index in [4.69, 9.17) is 4.98 Å². The molecule has 1 heterocycles. The second kappa shape index (κ2) is 5.70. The minimum Gasteiger partial charge on any atom is -0.384 e. The van der Waals surface area contributed by atoms with Crippen LogP contribution in [0.3, 0.4) is 0 Å². The number of hydrogen-bond acceptors (Lipinski definition) is 2. The summed E-state index contributed by atoms with van der Waals surface area (Å²) < 4.78 is 1.08. The van der Waals surface area contributed by atoms with Crippen LogP contribution in [-0.4, -0.2) is 11.5 Å². The van der Waals surface area contributed by atoms with E-state index in [0.717, 1.165) is 35.1 Å². The van der Waals surface area contributed by atoms with E-state index < -0.39 is 0 Å². The molecular formula is C15H19BrN2. The molecule has 0 amide bonds. The number of nitrogens with zero attached hydrogens (tertiary/aromatic N) is 1. The second-order valence-electron chi connectivity index (χ2n) is 4.58. The van der Waals surface area contributed by atoms with Crippen LogP contribution in [0.5, 0.6) is 0 Å². The fourth-order valence-electron chi connectivity index (χ4n) is 2.06. The monoisotopic (exact) mass is 306 g/mol. The first-order chi connectivity index (χ1) is 8.65. The molecular weight excluding hydrogens is 288 g/mol.